The van der Waals surface area contributed by atoms with Crippen molar-refractivity contribution >= 4 is 17.8 Å². The van der Waals surface area contributed by atoms with Crippen LogP contribution in [0, 0.1) is 5.92 Å². The average Bonchev–Trinajstić information content (AvgIpc) is 2.54. The Hall–Kier alpha value is -2.61. The fourth-order valence-corrected chi connectivity index (χ4v) is 2.04. The van der Waals surface area contributed by atoms with Crippen molar-refractivity contribution in [3.63, 3.8) is 0 Å². The number of nitrogens with one attached hydrogen (secondary N) is 2. The molecule has 8 nitrogen and oxygen atoms in total. The molecule has 2 amide bonds. The van der Waals surface area contributed by atoms with E-state index >= 15 is 0 Å². The lowest BCUT2D eigenvalue weighted by atomic mass is 10.0. The molecule has 6 N–H and O–H groups in total. The number of nitrogens with two attached hydrogens (primary N) is 1. The molecule has 8 heteroatoms. The Morgan fingerprint density at radius 2 is 1.60 bits per heavy atom. The third kappa shape index (κ3) is 6.42. The maximum atomic E-state index is 12.2. The summed E-state index contributed by atoms with van der Waals surface area (Å²) < 4.78 is 0. The van der Waals surface area contributed by atoms with Gasteiger partial charge in [0.05, 0.1) is 6.04 Å². The van der Waals surface area contributed by atoms with Crippen molar-refractivity contribution in [2.45, 2.75) is 45.3 Å². The predicted molar refractivity (Wildman–Crippen MR) is 91.8 cm³/mol. The number of carboxylic acids is 1. The minimum Gasteiger partial charge on any atom is -0.508 e. The van der Waals surface area contributed by atoms with Gasteiger partial charge in [-0.3, -0.25) is 9.59 Å². The molecule has 0 radical (unpaired) electrons. The Kier molecular flexibility index (Phi) is 7.38. The fourth-order valence-electron chi connectivity index (χ4n) is 2.04. The second kappa shape index (κ2) is 9.03. The highest BCUT2D eigenvalue weighted by atomic mass is 16.4. The molecule has 0 spiro atoms. The van der Waals surface area contributed by atoms with E-state index in [0.29, 0.717) is 5.56 Å². The van der Waals surface area contributed by atoms with Gasteiger partial charge in [0.15, 0.2) is 0 Å². The van der Waals surface area contributed by atoms with Crippen molar-refractivity contribution in [1.82, 2.24) is 10.6 Å². The molecule has 0 fully saturated rings. The van der Waals surface area contributed by atoms with Crippen LogP contribution in [-0.2, 0) is 20.8 Å². The van der Waals surface area contributed by atoms with Crippen LogP contribution in [0.5, 0.6) is 5.75 Å². The lowest BCUT2D eigenvalue weighted by Crippen LogP contribution is -2.54. The van der Waals surface area contributed by atoms with Crippen molar-refractivity contribution in [1.29, 1.82) is 0 Å². The Morgan fingerprint density at radius 1 is 1.04 bits per heavy atom. The molecule has 0 heterocycles. The Morgan fingerprint density at radius 3 is 2.08 bits per heavy atom. The van der Waals surface area contributed by atoms with Gasteiger partial charge in [0.25, 0.3) is 0 Å². The third-order valence-corrected chi connectivity index (χ3v) is 3.76. The van der Waals surface area contributed by atoms with Crippen LogP contribution in [0.3, 0.4) is 0 Å². The lowest BCUT2D eigenvalue weighted by molar-refractivity contribution is -0.142. The quantitative estimate of drug-likeness (QED) is 0.446. The third-order valence-electron chi connectivity index (χ3n) is 3.76. The van der Waals surface area contributed by atoms with Gasteiger partial charge in [0, 0.05) is 6.42 Å². The van der Waals surface area contributed by atoms with Crippen LogP contribution in [-0.4, -0.2) is 46.1 Å². The summed E-state index contributed by atoms with van der Waals surface area (Å²) in [4.78, 5) is 35.4. The largest absolute Gasteiger partial charge is 0.508 e. The second-order valence-electron chi connectivity index (χ2n) is 6.27. The molecule has 3 atom stereocenters. The van der Waals surface area contributed by atoms with Gasteiger partial charge < -0.3 is 26.6 Å². The Bertz CT molecular complexity index is 615. The van der Waals surface area contributed by atoms with Crippen molar-refractivity contribution in [2.75, 3.05) is 0 Å². The van der Waals surface area contributed by atoms with E-state index < -0.39 is 35.9 Å². The second-order valence-corrected chi connectivity index (χ2v) is 6.27. The van der Waals surface area contributed by atoms with Gasteiger partial charge >= 0.3 is 5.97 Å². The molecule has 0 aromatic heterocycles. The summed E-state index contributed by atoms with van der Waals surface area (Å²) in [6.07, 6.45) is 0.0491. The Labute approximate surface area is 146 Å². The van der Waals surface area contributed by atoms with Crippen molar-refractivity contribution < 1.29 is 24.6 Å². The summed E-state index contributed by atoms with van der Waals surface area (Å²) in [5.41, 5.74) is 6.36. The van der Waals surface area contributed by atoms with Crippen LogP contribution in [0.15, 0.2) is 24.3 Å². The van der Waals surface area contributed by atoms with Crippen LogP contribution in [0.1, 0.15) is 26.3 Å². The van der Waals surface area contributed by atoms with Crippen LogP contribution in [0.2, 0.25) is 0 Å². The van der Waals surface area contributed by atoms with Crippen LogP contribution >= 0.6 is 0 Å². The van der Waals surface area contributed by atoms with Gasteiger partial charge in [-0.15, -0.1) is 0 Å². The number of carbonyl (C=O) groups excluding carboxylic acids is 2. The average molecular weight is 351 g/mol. The number of hydrogen-bond acceptors (Lipinski definition) is 5. The van der Waals surface area contributed by atoms with Crippen molar-refractivity contribution in [3.05, 3.63) is 29.8 Å². The highest BCUT2D eigenvalue weighted by Gasteiger charge is 2.26. The molecule has 0 saturated heterocycles. The number of hydrogen-bond donors (Lipinski definition) is 5. The first kappa shape index (κ1) is 20.4. The molecule has 0 saturated carbocycles. The van der Waals surface area contributed by atoms with E-state index in [1.54, 1.807) is 26.0 Å². The molecule has 1 aromatic rings. The topological polar surface area (TPSA) is 142 Å². The number of aromatic hydroxyl groups is 1. The SMILES string of the molecule is CC(NC(=O)C(N)C(C)C)C(=O)NC(Cc1ccc(O)cc1)C(=O)O. The maximum absolute atomic E-state index is 12.2. The van der Waals surface area contributed by atoms with E-state index in [9.17, 15) is 24.6 Å². The van der Waals surface area contributed by atoms with Crippen molar-refractivity contribution in [2.24, 2.45) is 11.7 Å². The number of carbonyl (C=O) groups is 3. The van der Waals surface area contributed by atoms with Crippen LogP contribution < -0.4 is 16.4 Å². The zero-order chi connectivity index (χ0) is 19.1. The van der Waals surface area contributed by atoms with Gasteiger partial charge in [-0.05, 0) is 30.5 Å². The maximum Gasteiger partial charge on any atom is 0.326 e. The minimum atomic E-state index is -1.20. The zero-order valence-corrected chi connectivity index (χ0v) is 14.5. The van der Waals surface area contributed by atoms with E-state index in [-0.39, 0.29) is 18.1 Å². The minimum absolute atomic E-state index is 0.0491. The summed E-state index contributed by atoms with van der Waals surface area (Å²) in [5.74, 6) is -2.30. The number of phenolic OH excluding ortho intramolecular Hbond substituents is 1. The summed E-state index contributed by atoms with van der Waals surface area (Å²) in [7, 11) is 0. The lowest BCUT2D eigenvalue weighted by Gasteiger charge is -2.21. The number of amides is 2. The number of rotatable bonds is 8. The van der Waals surface area contributed by atoms with E-state index in [0.717, 1.165) is 0 Å². The molecule has 25 heavy (non-hydrogen) atoms. The van der Waals surface area contributed by atoms with Gasteiger partial charge in [-0.25, -0.2) is 4.79 Å². The first-order valence-corrected chi connectivity index (χ1v) is 7.98. The summed E-state index contributed by atoms with van der Waals surface area (Å²) >= 11 is 0. The summed E-state index contributed by atoms with van der Waals surface area (Å²) in [5, 5.41) is 23.4. The highest BCUT2D eigenvalue weighted by molar-refractivity contribution is 5.91. The zero-order valence-electron chi connectivity index (χ0n) is 14.5. The molecule has 0 aliphatic carbocycles. The summed E-state index contributed by atoms with van der Waals surface area (Å²) in [6, 6.07) is 3.20. The molecule has 3 unspecified atom stereocenters. The molecular formula is C17H25N3O5. The molecule has 0 aliphatic rings. The van der Waals surface area contributed by atoms with Crippen LogP contribution in [0.4, 0.5) is 0 Å². The van der Waals surface area contributed by atoms with Gasteiger partial charge in [0.1, 0.15) is 17.8 Å². The smallest absolute Gasteiger partial charge is 0.326 e. The number of carboxylic acid groups (broad SMARTS) is 1. The molecule has 138 valence electrons. The van der Waals surface area contributed by atoms with Crippen LogP contribution in [0.25, 0.3) is 0 Å². The van der Waals surface area contributed by atoms with E-state index in [2.05, 4.69) is 10.6 Å². The Balaban J connectivity index is 2.67. The van der Waals surface area contributed by atoms with Gasteiger partial charge in [-0.1, -0.05) is 26.0 Å². The molecule has 1 rings (SSSR count). The fraction of sp³-hybridized carbons (Fsp3) is 0.471. The van der Waals surface area contributed by atoms with Crippen molar-refractivity contribution in [3.8, 4) is 5.75 Å². The van der Waals surface area contributed by atoms with Gasteiger partial charge in [0.2, 0.25) is 11.8 Å². The first-order valence-electron chi connectivity index (χ1n) is 7.98. The normalized spacial score (nSPS) is 14.4. The predicted octanol–water partition coefficient (Wildman–Crippen LogP) is -0.00790. The van der Waals surface area contributed by atoms with Gasteiger partial charge in [-0.2, -0.15) is 0 Å². The molecule has 1 aromatic carbocycles. The first-order chi connectivity index (χ1) is 11.6. The van der Waals surface area contributed by atoms with E-state index in [1.807, 2.05) is 0 Å². The molecule has 0 aliphatic heterocycles. The highest BCUT2D eigenvalue weighted by Crippen LogP contribution is 2.11. The monoisotopic (exact) mass is 351 g/mol. The summed E-state index contributed by atoms with van der Waals surface area (Å²) in [6.45, 7) is 5.03. The van der Waals surface area contributed by atoms with E-state index in [4.69, 9.17) is 5.73 Å². The molecule has 0 bridgehead atoms. The standard InChI is InChI=1S/C17H25N3O5/c1-9(2)14(18)16(23)19-10(3)15(22)20-13(17(24)25)8-11-4-6-12(21)7-5-11/h4-7,9-10,13-14,21H,8,18H2,1-3H3,(H,19,23)(H,20,22)(H,24,25). The molecular weight excluding hydrogens is 326 g/mol. The number of phenols is 1. The number of benzene rings is 1. The van der Waals surface area contributed by atoms with E-state index in [1.165, 1.54) is 19.1 Å². The number of aliphatic carboxylic acids is 1.